The highest BCUT2D eigenvalue weighted by Gasteiger charge is 2.30. The number of imidazole rings is 1. The SMILES string of the molecule is Cn1ccnc1C1CNCCN1CC(=O)NCC(F)(F)F. The average Bonchev–Trinajstić information content (AvgIpc) is 2.82. The zero-order chi connectivity index (χ0) is 15.5. The van der Waals surface area contributed by atoms with Gasteiger partial charge in [-0.3, -0.25) is 9.69 Å². The number of halogens is 3. The lowest BCUT2D eigenvalue weighted by molar-refractivity contribution is -0.139. The van der Waals surface area contributed by atoms with Gasteiger partial charge in [-0.1, -0.05) is 0 Å². The fraction of sp³-hybridized carbons (Fsp3) is 0.667. The monoisotopic (exact) mass is 305 g/mol. The normalized spacial score (nSPS) is 20.5. The Kier molecular flexibility index (Phi) is 4.84. The predicted molar refractivity (Wildman–Crippen MR) is 69.5 cm³/mol. The molecule has 2 rings (SSSR count). The maximum atomic E-state index is 12.1. The van der Waals surface area contributed by atoms with Crippen molar-refractivity contribution < 1.29 is 18.0 Å². The molecular weight excluding hydrogens is 287 g/mol. The van der Waals surface area contributed by atoms with E-state index in [4.69, 9.17) is 0 Å². The van der Waals surface area contributed by atoms with E-state index in [2.05, 4.69) is 10.3 Å². The molecule has 118 valence electrons. The number of carbonyl (C=O) groups excluding carboxylic acids is 1. The third-order valence-corrected chi connectivity index (χ3v) is 3.34. The first-order valence-electron chi connectivity index (χ1n) is 6.62. The molecule has 2 N–H and O–H groups in total. The summed E-state index contributed by atoms with van der Waals surface area (Å²) in [6.45, 7) is 0.502. The summed E-state index contributed by atoms with van der Waals surface area (Å²) in [5, 5.41) is 5.10. The lowest BCUT2D eigenvalue weighted by atomic mass is 10.1. The number of hydrogen-bond donors (Lipinski definition) is 2. The van der Waals surface area contributed by atoms with Gasteiger partial charge >= 0.3 is 6.18 Å². The number of nitrogens with one attached hydrogen (secondary N) is 2. The molecule has 0 radical (unpaired) electrons. The molecule has 1 unspecified atom stereocenters. The van der Waals surface area contributed by atoms with E-state index in [0.717, 1.165) is 5.82 Å². The van der Waals surface area contributed by atoms with Gasteiger partial charge in [0.1, 0.15) is 12.4 Å². The smallest absolute Gasteiger partial charge is 0.346 e. The van der Waals surface area contributed by atoms with Gasteiger partial charge in [0.15, 0.2) is 0 Å². The summed E-state index contributed by atoms with van der Waals surface area (Å²) in [5.41, 5.74) is 0. The topological polar surface area (TPSA) is 62.2 Å². The van der Waals surface area contributed by atoms with Gasteiger partial charge in [0, 0.05) is 39.1 Å². The zero-order valence-electron chi connectivity index (χ0n) is 11.7. The summed E-state index contributed by atoms with van der Waals surface area (Å²) in [6.07, 6.45) is -0.935. The number of carbonyl (C=O) groups is 1. The third kappa shape index (κ3) is 4.43. The fourth-order valence-corrected chi connectivity index (χ4v) is 2.33. The number of nitrogens with zero attached hydrogens (tertiary/aromatic N) is 3. The Morgan fingerprint density at radius 3 is 2.95 bits per heavy atom. The summed E-state index contributed by atoms with van der Waals surface area (Å²) >= 11 is 0. The number of rotatable bonds is 4. The van der Waals surface area contributed by atoms with Crippen LogP contribution in [0.25, 0.3) is 0 Å². The minimum absolute atomic E-state index is 0.0741. The minimum atomic E-state index is -4.39. The van der Waals surface area contributed by atoms with Crippen LogP contribution < -0.4 is 10.6 Å². The maximum absolute atomic E-state index is 12.1. The Morgan fingerprint density at radius 1 is 1.57 bits per heavy atom. The Hall–Kier alpha value is -1.61. The van der Waals surface area contributed by atoms with Crippen molar-refractivity contribution in [3.05, 3.63) is 18.2 Å². The molecule has 0 saturated carbocycles. The van der Waals surface area contributed by atoms with Gasteiger partial charge in [-0.25, -0.2) is 4.98 Å². The standard InChI is InChI=1S/C12H18F3N5O/c1-19-4-3-17-11(19)9-6-16-2-5-20(9)7-10(21)18-8-12(13,14)15/h3-4,9,16H,2,5-8H2,1H3,(H,18,21). The first-order chi connectivity index (χ1) is 9.87. The lowest BCUT2D eigenvalue weighted by Gasteiger charge is -2.35. The molecule has 1 aliphatic rings. The van der Waals surface area contributed by atoms with Crippen LogP contribution in [-0.2, 0) is 11.8 Å². The fourth-order valence-electron chi connectivity index (χ4n) is 2.33. The average molecular weight is 305 g/mol. The lowest BCUT2D eigenvalue weighted by Crippen LogP contribution is -2.50. The predicted octanol–water partition coefficient (Wildman–Crippen LogP) is 0.0449. The second kappa shape index (κ2) is 6.44. The van der Waals surface area contributed by atoms with E-state index in [1.54, 1.807) is 12.4 Å². The second-order valence-electron chi connectivity index (χ2n) is 4.98. The van der Waals surface area contributed by atoms with Crippen molar-refractivity contribution >= 4 is 5.91 Å². The molecule has 1 aromatic heterocycles. The van der Waals surface area contributed by atoms with Gasteiger partial charge < -0.3 is 15.2 Å². The highest BCUT2D eigenvalue weighted by atomic mass is 19.4. The van der Waals surface area contributed by atoms with Gasteiger partial charge in [0.2, 0.25) is 5.91 Å². The molecule has 1 atom stereocenters. The molecule has 6 nitrogen and oxygen atoms in total. The first-order valence-corrected chi connectivity index (χ1v) is 6.62. The van der Waals surface area contributed by atoms with E-state index in [0.29, 0.717) is 19.6 Å². The summed E-state index contributed by atoms with van der Waals surface area (Å²) < 4.78 is 38.1. The highest BCUT2D eigenvalue weighted by molar-refractivity contribution is 5.78. The van der Waals surface area contributed by atoms with E-state index in [1.807, 2.05) is 21.8 Å². The quantitative estimate of drug-likeness (QED) is 0.825. The Morgan fingerprint density at radius 2 is 2.33 bits per heavy atom. The summed E-state index contributed by atoms with van der Waals surface area (Å²) in [6, 6.07) is -0.129. The van der Waals surface area contributed by atoms with Crippen LogP contribution in [0.15, 0.2) is 12.4 Å². The van der Waals surface area contributed by atoms with Crippen LogP contribution in [0.3, 0.4) is 0 Å². The van der Waals surface area contributed by atoms with Crippen molar-refractivity contribution in [2.45, 2.75) is 12.2 Å². The molecule has 0 aromatic carbocycles. The van der Waals surface area contributed by atoms with E-state index in [9.17, 15) is 18.0 Å². The van der Waals surface area contributed by atoms with E-state index < -0.39 is 18.6 Å². The molecule has 0 spiro atoms. The molecule has 0 aliphatic carbocycles. The van der Waals surface area contributed by atoms with Crippen LogP contribution in [0, 0.1) is 0 Å². The van der Waals surface area contributed by atoms with Crippen LogP contribution in [0.2, 0.25) is 0 Å². The highest BCUT2D eigenvalue weighted by Crippen LogP contribution is 2.20. The van der Waals surface area contributed by atoms with Crippen LogP contribution in [0.4, 0.5) is 13.2 Å². The van der Waals surface area contributed by atoms with E-state index in [1.165, 1.54) is 0 Å². The van der Waals surface area contributed by atoms with Gasteiger partial charge in [0.05, 0.1) is 12.6 Å². The minimum Gasteiger partial charge on any atom is -0.346 e. The maximum Gasteiger partial charge on any atom is 0.405 e. The van der Waals surface area contributed by atoms with E-state index in [-0.39, 0.29) is 12.6 Å². The number of aryl methyl sites for hydroxylation is 1. The molecule has 1 fully saturated rings. The molecular formula is C12H18F3N5O. The largest absolute Gasteiger partial charge is 0.405 e. The van der Waals surface area contributed by atoms with Gasteiger partial charge in [-0.15, -0.1) is 0 Å². The molecule has 2 heterocycles. The first kappa shape index (κ1) is 15.8. The number of piperazine rings is 1. The Labute approximate surface area is 120 Å². The zero-order valence-corrected chi connectivity index (χ0v) is 11.7. The van der Waals surface area contributed by atoms with Crippen LogP contribution in [0.1, 0.15) is 11.9 Å². The summed E-state index contributed by atoms with van der Waals surface area (Å²) in [5.74, 6) is 0.152. The van der Waals surface area contributed by atoms with Crippen molar-refractivity contribution in [1.82, 2.24) is 25.1 Å². The summed E-state index contributed by atoms with van der Waals surface area (Å²) in [4.78, 5) is 17.7. The summed E-state index contributed by atoms with van der Waals surface area (Å²) in [7, 11) is 1.85. The molecule has 21 heavy (non-hydrogen) atoms. The molecule has 1 aliphatic heterocycles. The van der Waals surface area contributed by atoms with Crippen molar-refractivity contribution in [2.75, 3.05) is 32.7 Å². The number of amides is 1. The van der Waals surface area contributed by atoms with Crippen LogP contribution in [-0.4, -0.2) is 59.3 Å². The van der Waals surface area contributed by atoms with Gasteiger partial charge in [-0.05, 0) is 0 Å². The molecule has 9 heteroatoms. The Balaban J connectivity index is 1.96. The molecule has 1 saturated heterocycles. The molecule has 0 bridgehead atoms. The molecule has 1 aromatic rings. The Bertz CT molecular complexity index is 487. The second-order valence-corrected chi connectivity index (χ2v) is 4.98. The van der Waals surface area contributed by atoms with Crippen molar-refractivity contribution in [2.24, 2.45) is 7.05 Å². The number of aromatic nitrogens is 2. The van der Waals surface area contributed by atoms with Crippen molar-refractivity contribution in [3.63, 3.8) is 0 Å². The molecule has 1 amide bonds. The van der Waals surface area contributed by atoms with Gasteiger partial charge in [-0.2, -0.15) is 13.2 Å². The number of alkyl halides is 3. The van der Waals surface area contributed by atoms with Crippen molar-refractivity contribution in [3.8, 4) is 0 Å². The number of hydrogen-bond acceptors (Lipinski definition) is 4. The van der Waals surface area contributed by atoms with Crippen molar-refractivity contribution in [1.29, 1.82) is 0 Å². The van der Waals surface area contributed by atoms with Crippen LogP contribution in [0.5, 0.6) is 0 Å². The van der Waals surface area contributed by atoms with E-state index >= 15 is 0 Å². The third-order valence-electron chi connectivity index (χ3n) is 3.34. The van der Waals surface area contributed by atoms with Crippen LogP contribution >= 0.6 is 0 Å². The van der Waals surface area contributed by atoms with Gasteiger partial charge in [0.25, 0.3) is 0 Å².